The third-order valence-electron chi connectivity index (χ3n) is 3.49. The fraction of sp³-hybridized carbons (Fsp3) is 0.250. The van der Waals surface area contributed by atoms with Crippen molar-refractivity contribution in [3.63, 3.8) is 0 Å². The van der Waals surface area contributed by atoms with E-state index in [2.05, 4.69) is 21.3 Å². The normalized spacial score (nSPS) is 10.2. The highest BCUT2D eigenvalue weighted by atomic mass is 16.2. The van der Waals surface area contributed by atoms with Gasteiger partial charge in [-0.2, -0.15) is 0 Å². The zero-order valence-corrected chi connectivity index (χ0v) is 15.6. The summed E-state index contributed by atoms with van der Waals surface area (Å²) in [5.74, 6) is -0.532. The molecular weight excluding hydrogens is 344 g/mol. The molecule has 0 atom stereocenters. The Bertz CT molecular complexity index is 816. The minimum absolute atomic E-state index is 0.0713. The molecule has 0 fully saturated rings. The van der Waals surface area contributed by atoms with E-state index < -0.39 is 0 Å². The molecule has 0 unspecified atom stereocenters. The van der Waals surface area contributed by atoms with Crippen LogP contribution in [0.5, 0.6) is 0 Å². The van der Waals surface area contributed by atoms with Gasteiger partial charge in [0, 0.05) is 35.6 Å². The fourth-order valence-electron chi connectivity index (χ4n) is 2.35. The SMILES string of the molecule is CC(=O)Nc1cccc(NC(=O)CNc2ccc(C(=O)NC(C)C)cc2)c1. The zero-order valence-electron chi connectivity index (χ0n) is 15.6. The summed E-state index contributed by atoms with van der Waals surface area (Å²) >= 11 is 0. The molecule has 2 aromatic rings. The third-order valence-corrected chi connectivity index (χ3v) is 3.49. The highest BCUT2D eigenvalue weighted by molar-refractivity contribution is 5.96. The Morgan fingerprint density at radius 3 is 2.11 bits per heavy atom. The Hall–Kier alpha value is -3.35. The predicted octanol–water partition coefficient (Wildman–Crippen LogP) is 2.83. The molecule has 7 nitrogen and oxygen atoms in total. The van der Waals surface area contributed by atoms with Gasteiger partial charge in [0.05, 0.1) is 6.54 Å². The molecule has 0 radical (unpaired) electrons. The van der Waals surface area contributed by atoms with Crippen LogP contribution in [0.2, 0.25) is 0 Å². The molecule has 4 N–H and O–H groups in total. The van der Waals surface area contributed by atoms with E-state index in [9.17, 15) is 14.4 Å². The van der Waals surface area contributed by atoms with Gasteiger partial charge in [0.25, 0.3) is 5.91 Å². The molecule has 142 valence electrons. The quantitative estimate of drug-likeness (QED) is 0.604. The van der Waals surface area contributed by atoms with E-state index >= 15 is 0 Å². The fourth-order valence-corrected chi connectivity index (χ4v) is 2.35. The maximum Gasteiger partial charge on any atom is 0.251 e. The van der Waals surface area contributed by atoms with Gasteiger partial charge in [-0.15, -0.1) is 0 Å². The Labute approximate surface area is 158 Å². The maximum atomic E-state index is 12.1. The molecule has 2 rings (SSSR count). The molecule has 7 heteroatoms. The number of benzene rings is 2. The molecule has 2 aromatic carbocycles. The summed E-state index contributed by atoms with van der Waals surface area (Å²) in [5, 5.41) is 11.3. The molecule has 0 spiro atoms. The largest absolute Gasteiger partial charge is 0.376 e. The van der Waals surface area contributed by atoms with Crippen molar-refractivity contribution < 1.29 is 14.4 Å². The van der Waals surface area contributed by atoms with Gasteiger partial charge in [0.2, 0.25) is 11.8 Å². The molecule has 0 aliphatic rings. The van der Waals surface area contributed by atoms with Gasteiger partial charge >= 0.3 is 0 Å². The van der Waals surface area contributed by atoms with E-state index in [4.69, 9.17) is 0 Å². The van der Waals surface area contributed by atoms with Gasteiger partial charge in [0.15, 0.2) is 0 Å². The summed E-state index contributed by atoms with van der Waals surface area (Å²) in [4.78, 5) is 35.1. The monoisotopic (exact) mass is 368 g/mol. The Morgan fingerprint density at radius 1 is 0.889 bits per heavy atom. The van der Waals surface area contributed by atoms with Crippen molar-refractivity contribution in [2.75, 3.05) is 22.5 Å². The number of rotatable bonds is 7. The lowest BCUT2D eigenvalue weighted by atomic mass is 10.2. The molecule has 0 aliphatic heterocycles. The van der Waals surface area contributed by atoms with Gasteiger partial charge in [-0.25, -0.2) is 0 Å². The standard InChI is InChI=1S/C20H24N4O3/c1-13(2)22-20(27)15-7-9-16(10-8-15)21-12-19(26)24-18-6-4-5-17(11-18)23-14(3)25/h4-11,13,21H,12H2,1-3H3,(H,22,27)(H,23,25)(H,24,26). The lowest BCUT2D eigenvalue weighted by molar-refractivity contribution is -0.115. The lowest BCUT2D eigenvalue weighted by Crippen LogP contribution is -2.30. The van der Waals surface area contributed by atoms with E-state index in [0.29, 0.717) is 16.9 Å². The third kappa shape index (κ3) is 6.81. The van der Waals surface area contributed by atoms with Gasteiger partial charge in [-0.1, -0.05) is 6.07 Å². The first-order valence-electron chi connectivity index (χ1n) is 8.66. The second-order valence-corrected chi connectivity index (χ2v) is 6.37. The summed E-state index contributed by atoms with van der Waals surface area (Å²) in [6, 6.07) is 13.9. The van der Waals surface area contributed by atoms with Crippen LogP contribution in [0.3, 0.4) is 0 Å². The second kappa shape index (κ2) is 9.38. The van der Waals surface area contributed by atoms with Crippen molar-refractivity contribution in [1.82, 2.24) is 5.32 Å². The van der Waals surface area contributed by atoms with Crippen LogP contribution in [0, 0.1) is 0 Å². The van der Waals surface area contributed by atoms with Crippen molar-refractivity contribution in [2.24, 2.45) is 0 Å². The Balaban J connectivity index is 1.86. The van der Waals surface area contributed by atoms with Crippen LogP contribution in [-0.4, -0.2) is 30.3 Å². The Kier molecular flexibility index (Phi) is 6.93. The average molecular weight is 368 g/mol. The highest BCUT2D eigenvalue weighted by Gasteiger charge is 2.07. The van der Waals surface area contributed by atoms with Crippen molar-refractivity contribution >= 4 is 34.8 Å². The van der Waals surface area contributed by atoms with Crippen molar-refractivity contribution in [3.8, 4) is 0 Å². The predicted molar refractivity (Wildman–Crippen MR) is 107 cm³/mol. The number of carbonyl (C=O) groups excluding carboxylic acids is 3. The molecule has 0 aromatic heterocycles. The van der Waals surface area contributed by atoms with Crippen LogP contribution in [-0.2, 0) is 9.59 Å². The average Bonchev–Trinajstić information content (AvgIpc) is 2.59. The van der Waals surface area contributed by atoms with E-state index in [-0.39, 0.29) is 30.3 Å². The molecule has 0 aliphatic carbocycles. The van der Waals surface area contributed by atoms with Gasteiger partial charge in [0.1, 0.15) is 0 Å². The van der Waals surface area contributed by atoms with E-state index in [1.165, 1.54) is 6.92 Å². The number of hydrogen-bond acceptors (Lipinski definition) is 4. The van der Waals surface area contributed by atoms with E-state index in [1.54, 1.807) is 48.5 Å². The van der Waals surface area contributed by atoms with Crippen LogP contribution >= 0.6 is 0 Å². The van der Waals surface area contributed by atoms with Crippen LogP contribution in [0.25, 0.3) is 0 Å². The maximum absolute atomic E-state index is 12.1. The first-order chi connectivity index (χ1) is 12.8. The first-order valence-corrected chi connectivity index (χ1v) is 8.66. The van der Waals surface area contributed by atoms with Gasteiger partial charge in [-0.3, -0.25) is 14.4 Å². The molecule has 0 bridgehead atoms. The minimum Gasteiger partial charge on any atom is -0.376 e. The highest BCUT2D eigenvalue weighted by Crippen LogP contribution is 2.15. The number of amides is 3. The summed E-state index contributed by atoms with van der Waals surface area (Å²) < 4.78 is 0. The summed E-state index contributed by atoms with van der Waals surface area (Å²) in [6.07, 6.45) is 0. The zero-order chi connectivity index (χ0) is 19.8. The number of nitrogens with one attached hydrogen (secondary N) is 4. The van der Waals surface area contributed by atoms with E-state index in [1.807, 2.05) is 13.8 Å². The number of carbonyl (C=O) groups is 3. The van der Waals surface area contributed by atoms with Crippen molar-refractivity contribution in [2.45, 2.75) is 26.8 Å². The molecule has 0 saturated carbocycles. The van der Waals surface area contributed by atoms with Crippen LogP contribution in [0.15, 0.2) is 48.5 Å². The smallest absolute Gasteiger partial charge is 0.251 e. The van der Waals surface area contributed by atoms with Gasteiger partial charge in [-0.05, 0) is 56.3 Å². The molecule has 0 heterocycles. The Morgan fingerprint density at radius 2 is 1.52 bits per heavy atom. The topological polar surface area (TPSA) is 99.3 Å². The van der Waals surface area contributed by atoms with Crippen LogP contribution in [0.4, 0.5) is 17.1 Å². The second-order valence-electron chi connectivity index (χ2n) is 6.37. The van der Waals surface area contributed by atoms with Crippen molar-refractivity contribution in [3.05, 3.63) is 54.1 Å². The van der Waals surface area contributed by atoms with E-state index in [0.717, 1.165) is 5.69 Å². The summed E-state index contributed by atoms with van der Waals surface area (Å²) in [5.41, 5.74) is 2.50. The molecule has 27 heavy (non-hydrogen) atoms. The van der Waals surface area contributed by atoms with Crippen LogP contribution < -0.4 is 21.3 Å². The first kappa shape index (κ1) is 20.0. The summed E-state index contributed by atoms with van der Waals surface area (Å²) in [7, 11) is 0. The lowest BCUT2D eigenvalue weighted by Gasteiger charge is -2.11. The van der Waals surface area contributed by atoms with Crippen LogP contribution in [0.1, 0.15) is 31.1 Å². The number of hydrogen-bond donors (Lipinski definition) is 4. The minimum atomic E-state index is -0.225. The molecule has 3 amide bonds. The molecular formula is C20H24N4O3. The van der Waals surface area contributed by atoms with Crippen molar-refractivity contribution in [1.29, 1.82) is 0 Å². The number of anilines is 3. The van der Waals surface area contributed by atoms with Gasteiger partial charge < -0.3 is 21.3 Å². The molecule has 0 saturated heterocycles. The summed E-state index contributed by atoms with van der Waals surface area (Å²) in [6.45, 7) is 5.30.